The van der Waals surface area contributed by atoms with E-state index in [0.29, 0.717) is 34.3 Å². The molecule has 0 radical (unpaired) electrons. The number of rotatable bonds is 6. The monoisotopic (exact) mass is 593 g/mol. The summed E-state index contributed by atoms with van der Waals surface area (Å²) in [7, 11) is 0. The van der Waals surface area contributed by atoms with Crippen LogP contribution in [0.5, 0.6) is 11.6 Å². The van der Waals surface area contributed by atoms with E-state index in [1.807, 2.05) is 18.2 Å². The fourth-order valence-electron chi connectivity index (χ4n) is 4.93. The Labute approximate surface area is 245 Å². The molecule has 2 heterocycles. The van der Waals surface area contributed by atoms with Crippen LogP contribution in [-0.2, 0) is 0 Å². The third-order valence-corrected chi connectivity index (χ3v) is 7.94. The van der Waals surface area contributed by atoms with E-state index < -0.39 is 5.97 Å². The van der Waals surface area contributed by atoms with Gasteiger partial charge in [-0.1, -0.05) is 53.0 Å². The molecule has 1 aromatic heterocycles. The van der Waals surface area contributed by atoms with Gasteiger partial charge in [0.25, 0.3) is 5.91 Å². The molecule has 3 aromatic carbocycles. The number of ether oxygens (including phenoxy) is 1. The zero-order valence-electron chi connectivity index (χ0n) is 21.0. The predicted octanol–water partition coefficient (Wildman–Crippen LogP) is 7.83. The van der Waals surface area contributed by atoms with E-state index in [0.717, 1.165) is 17.9 Å². The number of carboxylic acid groups (broad SMARTS) is 1. The van der Waals surface area contributed by atoms with Crippen LogP contribution in [0.1, 0.15) is 33.6 Å². The van der Waals surface area contributed by atoms with E-state index in [9.17, 15) is 14.7 Å². The molecule has 0 spiro atoms. The fourth-order valence-corrected chi connectivity index (χ4v) is 5.66. The number of benzene rings is 3. The molecule has 0 bridgehead atoms. The van der Waals surface area contributed by atoms with Crippen LogP contribution in [0.4, 0.5) is 11.4 Å². The predicted molar refractivity (Wildman–Crippen MR) is 157 cm³/mol. The number of hydrogen-bond acceptors (Lipinski definition) is 5. The number of anilines is 2. The molecule has 0 unspecified atom stereocenters. The van der Waals surface area contributed by atoms with E-state index in [1.165, 1.54) is 31.0 Å². The Morgan fingerprint density at radius 3 is 2.35 bits per heavy atom. The number of amides is 1. The third-order valence-electron chi connectivity index (χ3n) is 7.02. The Balaban J connectivity index is 1.29. The summed E-state index contributed by atoms with van der Waals surface area (Å²) in [5.41, 5.74) is 3.32. The minimum absolute atomic E-state index is 0.0171. The highest BCUT2D eigenvalue weighted by Gasteiger charge is 2.36. The van der Waals surface area contributed by atoms with Crippen LogP contribution in [0.3, 0.4) is 0 Å². The first-order chi connectivity index (χ1) is 19.3. The number of nitrogens with zero attached hydrogens (tertiary/aromatic N) is 3. The molecular formula is C30H22Cl3N3O4. The number of fused-ring (bicyclic) bond motifs is 1. The number of halogens is 3. The minimum Gasteiger partial charge on any atom is -0.478 e. The lowest BCUT2D eigenvalue weighted by Crippen LogP contribution is -2.45. The number of aromatic nitrogens is 1. The van der Waals surface area contributed by atoms with E-state index in [4.69, 9.17) is 39.5 Å². The van der Waals surface area contributed by atoms with Crippen molar-refractivity contribution in [3.05, 3.63) is 99.1 Å². The molecule has 1 aliphatic heterocycles. The summed E-state index contributed by atoms with van der Waals surface area (Å²) in [4.78, 5) is 33.6. The van der Waals surface area contributed by atoms with E-state index in [2.05, 4.69) is 16.0 Å². The zero-order chi connectivity index (χ0) is 28.0. The van der Waals surface area contributed by atoms with Gasteiger partial charge in [0.1, 0.15) is 11.3 Å². The zero-order valence-corrected chi connectivity index (χ0v) is 23.2. The lowest BCUT2D eigenvalue weighted by molar-refractivity contribution is 0.0697. The number of para-hydroxylation sites is 2. The lowest BCUT2D eigenvalue weighted by atomic mass is 10.0. The molecule has 1 aliphatic carbocycles. The average Bonchev–Trinajstić information content (AvgIpc) is 3.79. The number of carbonyl (C=O) groups is 2. The Hall–Kier alpha value is -3.78. The second-order valence-corrected chi connectivity index (χ2v) is 10.8. The van der Waals surface area contributed by atoms with Crippen molar-refractivity contribution >= 4 is 58.1 Å². The quantitative estimate of drug-likeness (QED) is 0.245. The number of carbonyl (C=O) groups excluding carboxylic acids is 1. The van der Waals surface area contributed by atoms with Crippen molar-refractivity contribution in [1.29, 1.82) is 0 Å². The van der Waals surface area contributed by atoms with Crippen molar-refractivity contribution in [3.8, 4) is 22.8 Å². The Morgan fingerprint density at radius 1 is 0.850 bits per heavy atom. The highest BCUT2D eigenvalue weighted by molar-refractivity contribution is 6.37. The lowest BCUT2D eigenvalue weighted by Gasteiger charge is -2.38. The van der Waals surface area contributed by atoms with Crippen LogP contribution in [0.15, 0.2) is 72.9 Å². The van der Waals surface area contributed by atoms with Gasteiger partial charge in [-0.05, 0) is 60.9 Å². The van der Waals surface area contributed by atoms with Gasteiger partial charge in [0.05, 0.1) is 32.0 Å². The topological polar surface area (TPSA) is 83.0 Å². The summed E-state index contributed by atoms with van der Waals surface area (Å²) in [5, 5.41) is 9.85. The summed E-state index contributed by atoms with van der Waals surface area (Å²) < 4.78 is 6.07. The smallest absolute Gasteiger partial charge is 0.337 e. The third kappa shape index (κ3) is 4.96. The summed E-state index contributed by atoms with van der Waals surface area (Å²) in [6, 6.07) is 19.5. The number of carboxylic acids is 1. The van der Waals surface area contributed by atoms with Gasteiger partial charge in [-0.15, -0.1) is 0 Å². The van der Waals surface area contributed by atoms with Crippen LogP contribution in [0.2, 0.25) is 15.1 Å². The van der Waals surface area contributed by atoms with E-state index in [-0.39, 0.29) is 33.1 Å². The SMILES string of the molecule is O=C(O)c1ccc(-c2cc(Cl)c(Oc3ncccc3C(=O)N3CCN(C4CC4)c4ccccc43)cc2Cl)cc1Cl. The highest BCUT2D eigenvalue weighted by Crippen LogP contribution is 2.42. The first kappa shape index (κ1) is 26.4. The standard InChI is InChI=1S/C30H22Cl3N3O4/c31-22-14-17(7-10-19(22)30(38)39)21-15-24(33)27(16-23(21)32)40-28-20(4-3-11-34-28)29(37)36-13-12-35(18-8-9-18)25-5-1-2-6-26(25)36/h1-7,10-11,14-16,18H,8-9,12-13H2,(H,38,39). The van der Waals surface area contributed by atoms with Crippen LogP contribution >= 0.6 is 34.8 Å². The maximum atomic E-state index is 13.8. The van der Waals surface area contributed by atoms with Gasteiger partial charge in [-0.25, -0.2) is 9.78 Å². The molecule has 4 aromatic rings. The number of pyridine rings is 1. The van der Waals surface area contributed by atoms with Crippen molar-refractivity contribution in [2.24, 2.45) is 0 Å². The fraction of sp³-hybridized carbons (Fsp3) is 0.167. The molecule has 1 N–H and O–H groups in total. The molecule has 2 aliphatic rings. The van der Waals surface area contributed by atoms with Gasteiger partial charge in [-0.3, -0.25) is 4.79 Å². The van der Waals surface area contributed by atoms with Crippen molar-refractivity contribution in [2.75, 3.05) is 22.9 Å². The van der Waals surface area contributed by atoms with Gasteiger partial charge in [0, 0.05) is 37.0 Å². The molecule has 40 heavy (non-hydrogen) atoms. The molecule has 7 nitrogen and oxygen atoms in total. The Morgan fingerprint density at radius 2 is 1.62 bits per heavy atom. The van der Waals surface area contributed by atoms with Crippen LogP contribution in [0.25, 0.3) is 11.1 Å². The summed E-state index contributed by atoms with van der Waals surface area (Å²) in [6.45, 7) is 1.30. The van der Waals surface area contributed by atoms with E-state index >= 15 is 0 Å². The largest absolute Gasteiger partial charge is 0.478 e. The van der Waals surface area contributed by atoms with Crippen LogP contribution in [0, 0.1) is 0 Å². The van der Waals surface area contributed by atoms with Gasteiger partial charge in [-0.2, -0.15) is 0 Å². The van der Waals surface area contributed by atoms with Crippen LogP contribution in [-0.4, -0.2) is 41.1 Å². The first-order valence-electron chi connectivity index (χ1n) is 12.6. The first-order valence-corrected chi connectivity index (χ1v) is 13.8. The van der Waals surface area contributed by atoms with Gasteiger partial charge >= 0.3 is 5.97 Å². The molecule has 6 rings (SSSR count). The molecule has 1 saturated carbocycles. The van der Waals surface area contributed by atoms with Crippen molar-refractivity contribution in [3.63, 3.8) is 0 Å². The maximum absolute atomic E-state index is 13.8. The maximum Gasteiger partial charge on any atom is 0.337 e. The van der Waals surface area contributed by atoms with Gasteiger partial charge < -0.3 is 19.6 Å². The molecule has 1 amide bonds. The molecule has 0 atom stereocenters. The minimum atomic E-state index is -1.13. The molecule has 202 valence electrons. The second kappa shape index (κ2) is 10.7. The van der Waals surface area contributed by atoms with Crippen LogP contribution < -0.4 is 14.5 Å². The normalized spacial score (nSPS) is 14.6. The summed E-state index contributed by atoms with van der Waals surface area (Å²) in [5.74, 6) is -1.03. The van der Waals surface area contributed by atoms with Crippen molar-refractivity contribution in [1.82, 2.24) is 4.98 Å². The number of hydrogen-bond donors (Lipinski definition) is 1. The molecular weight excluding hydrogens is 573 g/mol. The van der Waals surface area contributed by atoms with Crippen molar-refractivity contribution < 1.29 is 19.4 Å². The second-order valence-electron chi connectivity index (χ2n) is 9.59. The molecule has 0 saturated heterocycles. The Kier molecular flexibility index (Phi) is 7.04. The average molecular weight is 595 g/mol. The van der Waals surface area contributed by atoms with Gasteiger partial charge in [0.2, 0.25) is 5.88 Å². The van der Waals surface area contributed by atoms with Gasteiger partial charge in [0.15, 0.2) is 0 Å². The molecule has 10 heteroatoms. The number of aromatic carboxylic acids is 1. The van der Waals surface area contributed by atoms with Crippen molar-refractivity contribution in [2.45, 2.75) is 18.9 Å². The van der Waals surface area contributed by atoms with E-state index in [1.54, 1.807) is 35.4 Å². The highest BCUT2D eigenvalue weighted by atomic mass is 35.5. The molecule has 1 fully saturated rings. The summed E-state index contributed by atoms with van der Waals surface area (Å²) in [6.07, 6.45) is 3.89. The Bertz CT molecular complexity index is 1660. The summed E-state index contributed by atoms with van der Waals surface area (Å²) >= 11 is 19.3.